The summed E-state index contributed by atoms with van der Waals surface area (Å²) in [5.74, 6) is 2.22. The minimum atomic E-state index is -0.518. The molecule has 4 rings (SSSR count). The molecule has 0 radical (unpaired) electrons. The van der Waals surface area contributed by atoms with Crippen molar-refractivity contribution in [2.75, 3.05) is 32.0 Å². The number of nitriles is 1. The van der Waals surface area contributed by atoms with Crippen LogP contribution in [0.15, 0.2) is 28.0 Å². The lowest BCUT2D eigenvalue weighted by Crippen LogP contribution is -2.37. The highest BCUT2D eigenvalue weighted by atomic mass is 16.5. The van der Waals surface area contributed by atoms with Gasteiger partial charge in [-0.3, -0.25) is 9.36 Å². The molecule has 0 spiro atoms. The van der Waals surface area contributed by atoms with Crippen molar-refractivity contribution in [2.24, 2.45) is 4.99 Å². The smallest absolute Gasteiger partial charge is 0.270 e. The summed E-state index contributed by atoms with van der Waals surface area (Å²) in [6.07, 6.45) is 5.16. The van der Waals surface area contributed by atoms with Crippen LogP contribution in [0.3, 0.4) is 0 Å². The van der Waals surface area contributed by atoms with Crippen LogP contribution in [0, 0.1) is 11.3 Å². The molecule has 162 valence electrons. The molecule has 9 nitrogen and oxygen atoms in total. The van der Waals surface area contributed by atoms with Crippen LogP contribution in [0.4, 0.5) is 11.5 Å². The molecule has 2 heterocycles. The minimum Gasteiger partial charge on any atom is -0.493 e. The van der Waals surface area contributed by atoms with E-state index < -0.39 is 6.29 Å². The van der Waals surface area contributed by atoms with Crippen LogP contribution >= 0.6 is 0 Å². The quantitative estimate of drug-likeness (QED) is 0.735. The van der Waals surface area contributed by atoms with Gasteiger partial charge in [0.1, 0.15) is 17.5 Å². The molecule has 1 saturated carbocycles. The summed E-state index contributed by atoms with van der Waals surface area (Å²) in [6, 6.07) is 7.27. The van der Waals surface area contributed by atoms with Gasteiger partial charge in [-0.1, -0.05) is 12.8 Å². The van der Waals surface area contributed by atoms with Crippen molar-refractivity contribution >= 4 is 17.7 Å². The van der Waals surface area contributed by atoms with Crippen molar-refractivity contribution in [3.63, 3.8) is 0 Å². The third-order valence-corrected chi connectivity index (χ3v) is 5.68. The summed E-state index contributed by atoms with van der Waals surface area (Å²) >= 11 is 0. The summed E-state index contributed by atoms with van der Waals surface area (Å²) in [5.41, 5.74) is 1.31. The fourth-order valence-electron chi connectivity index (χ4n) is 4.22. The first kappa shape index (κ1) is 20.6. The van der Waals surface area contributed by atoms with Crippen molar-refractivity contribution in [3.8, 4) is 23.3 Å². The number of aliphatic imine (C=N–C) groups is 1. The minimum absolute atomic E-state index is 0.0791. The number of rotatable bonds is 6. The van der Waals surface area contributed by atoms with E-state index in [1.807, 2.05) is 6.07 Å². The second kappa shape index (κ2) is 8.60. The Kier molecular flexibility index (Phi) is 5.71. The molecule has 1 aromatic heterocycles. The average molecular weight is 423 g/mol. The van der Waals surface area contributed by atoms with Gasteiger partial charge in [-0.15, -0.1) is 0 Å². The Morgan fingerprint density at radius 1 is 1.13 bits per heavy atom. The van der Waals surface area contributed by atoms with E-state index in [4.69, 9.17) is 14.2 Å². The number of hydrogen-bond acceptors (Lipinski definition) is 8. The first-order chi connectivity index (χ1) is 15.1. The lowest BCUT2D eigenvalue weighted by molar-refractivity contribution is 0.324. The topological polar surface area (TPSA) is 110 Å². The molecule has 1 unspecified atom stereocenters. The zero-order valence-electron chi connectivity index (χ0n) is 17.8. The van der Waals surface area contributed by atoms with Gasteiger partial charge in [0.2, 0.25) is 5.75 Å². The Balaban J connectivity index is 1.68. The lowest BCUT2D eigenvalue weighted by Gasteiger charge is -2.28. The van der Waals surface area contributed by atoms with E-state index in [0.717, 1.165) is 31.2 Å². The predicted octanol–water partition coefficient (Wildman–Crippen LogP) is 3.10. The number of pyridine rings is 1. The molecule has 2 aliphatic rings. The summed E-state index contributed by atoms with van der Waals surface area (Å²) in [6.45, 7) is 0. The predicted molar refractivity (Wildman–Crippen MR) is 118 cm³/mol. The number of methoxy groups -OCH3 is 3. The second-order valence-corrected chi connectivity index (χ2v) is 7.47. The zero-order chi connectivity index (χ0) is 22.0. The number of benzene rings is 1. The highest BCUT2D eigenvalue weighted by Gasteiger charge is 2.27. The largest absolute Gasteiger partial charge is 0.493 e. The number of hydrogen-bond donors (Lipinski definition) is 2. The molecule has 2 aromatic rings. The summed E-state index contributed by atoms with van der Waals surface area (Å²) in [5, 5.41) is 16.0. The molecule has 1 aromatic carbocycles. The molecule has 0 amide bonds. The third kappa shape index (κ3) is 3.77. The number of nitrogens with one attached hydrogen (secondary N) is 2. The normalized spacial score (nSPS) is 17.4. The number of anilines is 2. The Morgan fingerprint density at radius 2 is 1.81 bits per heavy atom. The van der Waals surface area contributed by atoms with Crippen LogP contribution < -0.4 is 30.4 Å². The molecule has 9 heteroatoms. The fraction of sp³-hybridized carbons (Fsp3) is 0.409. The van der Waals surface area contributed by atoms with Gasteiger partial charge in [-0.05, 0) is 18.9 Å². The van der Waals surface area contributed by atoms with Gasteiger partial charge in [0.15, 0.2) is 17.8 Å². The maximum Gasteiger partial charge on any atom is 0.270 e. The van der Waals surface area contributed by atoms with Crippen molar-refractivity contribution in [3.05, 3.63) is 39.7 Å². The summed E-state index contributed by atoms with van der Waals surface area (Å²) in [4.78, 5) is 17.5. The number of fused-ring (bicyclic) bond motifs is 1. The van der Waals surface area contributed by atoms with E-state index in [2.05, 4.69) is 15.6 Å². The first-order valence-corrected chi connectivity index (χ1v) is 10.2. The highest BCUT2D eigenvalue weighted by molar-refractivity contribution is 5.89. The maximum absolute atomic E-state index is 13.0. The Morgan fingerprint density at radius 3 is 2.39 bits per heavy atom. The number of nitrogens with zero attached hydrogens (tertiary/aromatic N) is 3. The van der Waals surface area contributed by atoms with Crippen molar-refractivity contribution in [1.29, 1.82) is 5.26 Å². The van der Waals surface area contributed by atoms with Gasteiger partial charge in [0.05, 0.1) is 21.3 Å². The zero-order valence-corrected chi connectivity index (χ0v) is 17.8. The van der Waals surface area contributed by atoms with Gasteiger partial charge < -0.3 is 24.8 Å². The first-order valence-electron chi connectivity index (χ1n) is 10.2. The average Bonchev–Trinajstić information content (AvgIpc) is 3.32. The van der Waals surface area contributed by atoms with Crippen LogP contribution in [-0.2, 0) is 0 Å². The van der Waals surface area contributed by atoms with Crippen molar-refractivity contribution in [1.82, 2.24) is 4.57 Å². The van der Waals surface area contributed by atoms with Gasteiger partial charge in [0, 0.05) is 35.6 Å². The van der Waals surface area contributed by atoms with Gasteiger partial charge in [0.25, 0.3) is 5.56 Å². The molecule has 1 fully saturated rings. The molecule has 31 heavy (non-hydrogen) atoms. The molecule has 0 saturated heterocycles. The standard InChI is InChI=1S/C22H25N5O4/c1-29-17-9-15(10-18(30-2)19(17)31-3)25-22-24-12-14-8-13(11-23)21(28)27(20(14)26-22)16-6-4-5-7-16/h8-10,12,16,22,25-26H,4-7H2,1-3H3. The lowest BCUT2D eigenvalue weighted by atomic mass is 10.1. The third-order valence-electron chi connectivity index (χ3n) is 5.68. The van der Waals surface area contributed by atoms with Gasteiger partial charge in [-0.25, -0.2) is 4.99 Å². The molecule has 2 N–H and O–H groups in total. The summed E-state index contributed by atoms with van der Waals surface area (Å²) < 4.78 is 17.9. The monoisotopic (exact) mass is 423 g/mol. The van der Waals surface area contributed by atoms with Crippen LogP contribution in [0.5, 0.6) is 17.2 Å². The molecular formula is C22H25N5O4. The van der Waals surface area contributed by atoms with E-state index in [1.165, 1.54) is 0 Å². The van der Waals surface area contributed by atoms with E-state index in [9.17, 15) is 10.1 Å². The highest BCUT2D eigenvalue weighted by Crippen LogP contribution is 2.40. The Bertz CT molecular complexity index is 1090. The fourth-order valence-corrected chi connectivity index (χ4v) is 4.22. The van der Waals surface area contributed by atoms with E-state index in [1.54, 1.807) is 50.3 Å². The van der Waals surface area contributed by atoms with Crippen LogP contribution in [-0.4, -0.2) is 38.4 Å². The van der Waals surface area contributed by atoms with Crippen LogP contribution in [0.25, 0.3) is 0 Å². The van der Waals surface area contributed by atoms with Crippen molar-refractivity contribution < 1.29 is 14.2 Å². The SMILES string of the molecule is COc1cc(NC2N=Cc3cc(C#N)c(=O)n(C4CCCC4)c3N2)cc(OC)c1OC. The second-order valence-electron chi connectivity index (χ2n) is 7.47. The molecular weight excluding hydrogens is 398 g/mol. The van der Waals surface area contributed by atoms with E-state index in [-0.39, 0.29) is 17.2 Å². The molecule has 1 atom stereocenters. The Hall–Kier alpha value is -3.67. The van der Waals surface area contributed by atoms with Gasteiger partial charge >= 0.3 is 0 Å². The number of ether oxygens (including phenoxy) is 3. The van der Waals surface area contributed by atoms with Gasteiger partial charge in [-0.2, -0.15) is 5.26 Å². The van der Waals surface area contributed by atoms with E-state index in [0.29, 0.717) is 28.8 Å². The molecule has 0 bridgehead atoms. The van der Waals surface area contributed by atoms with Crippen LogP contribution in [0.2, 0.25) is 0 Å². The number of aromatic nitrogens is 1. The summed E-state index contributed by atoms with van der Waals surface area (Å²) in [7, 11) is 4.66. The molecule has 1 aliphatic carbocycles. The van der Waals surface area contributed by atoms with Crippen LogP contribution in [0.1, 0.15) is 42.9 Å². The van der Waals surface area contributed by atoms with E-state index >= 15 is 0 Å². The maximum atomic E-state index is 13.0. The molecule has 1 aliphatic heterocycles. The van der Waals surface area contributed by atoms with Crippen molar-refractivity contribution in [2.45, 2.75) is 38.0 Å². The Labute approximate surface area is 180 Å².